The number of hydrogen-bond donors (Lipinski definition) is 0. The van der Waals surface area contributed by atoms with E-state index in [1.165, 1.54) is 0 Å². The van der Waals surface area contributed by atoms with Crippen molar-refractivity contribution in [2.75, 3.05) is 14.1 Å². The monoisotopic (exact) mass is 319 g/mol. The molecule has 2 rings (SSSR count). The Kier molecular flexibility index (Phi) is 4.91. The summed E-state index contributed by atoms with van der Waals surface area (Å²) in [7, 11) is 3.53. The third-order valence-corrected chi connectivity index (χ3v) is 4.05. The van der Waals surface area contributed by atoms with E-state index in [9.17, 15) is 4.79 Å². The van der Waals surface area contributed by atoms with Crippen LogP contribution in [0.4, 0.5) is 0 Å². The Morgan fingerprint density at radius 3 is 2.64 bits per heavy atom. The predicted octanol–water partition coefficient (Wildman–Crippen LogP) is 3.86. The zero-order valence-electron chi connectivity index (χ0n) is 13.7. The van der Waals surface area contributed by atoms with Gasteiger partial charge in [-0.2, -0.15) is 5.10 Å². The van der Waals surface area contributed by atoms with Crippen LogP contribution < -0.4 is 0 Å². The molecule has 0 bridgehead atoms. The quantitative estimate of drug-likeness (QED) is 0.858. The van der Waals surface area contributed by atoms with Crippen molar-refractivity contribution in [1.29, 1.82) is 0 Å². The zero-order valence-corrected chi connectivity index (χ0v) is 14.5. The minimum Gasteiger partial charge on any atom is -0.347 e. The van der Waals surface area contributed by atoms with Crippen molar-refractivity contribution in [1.82, 2.24) is 14.7 Å². The molecular weight excluding hydrogens is 298 g/mol. The van der Waals surface area contributed by atoms with E-state index in [4.69, 9.17) is 11.6 Å². The average molecular weight is 320 g/mol. The predicted molar refractivity (Wildman–Crippen MR) is 90.2 cm³/mol. The summed E-state index contributed by atoms with van der Waals surface area (Å²) in [5.74, 6) is 0.0480. The highest BCUT2D eigenvalue weighted by Gasteiger charge is 2.23. The van der Waals surface area contributed by atoms with Gasteiger partial charge < -0.3 is 4.90 Å². The maximum Gasteiger partial charge on any atom is 0.246 e. The van der Waals surface area contributed by atoms with Crippen molar-refractivity contribution >= 4 is 17.5 Å². The first kappa shape index (κ1) is 16.6. The van der Waals surface area contributed by atoms with Crippen LogP contribution in [0.25, 0.3) is 11.3 Å². The van der Waals surface area contributed by atoms with Gasteiger partial charge in [0.05, 0.1) is 10.7 Å². The topological polar surface area (TPSA) is 38.1 Å². The maximum atomic E-state index is 12.3. The third-order valence-electron chi connectivity index (χ3n) is 3.72. The molecule has 0 radical (unpaired) electrons. The van der Waals surface area contributed by atoms with Gasteiger partial charge in [-0.25, -0.2) is 0 Å². The summed E-state index contributed by atoms with van der Waals surface area (Å²) in [4.78, 5) is 13.9. The van der Waals surface area contributed by atoms with Crippen LogP contribution in [0, 0.1) is 13.8 Å². The second-order valence-corrected chi connectivity index (χ2v) is 6.19. The molecule has 0 aliphatic carbocycles. The largest absolute Gasteiger partial charge is 0.347 e. The summed E-state index contributed by atoms with van der Waals surface area (Å²) >= 11 is 6.31. The van der Waals surface area contributed by atoms with E-state index in [2.05, 4.69) is 5.10 Å². The molecule has 1 atom stereocenters. The molecule has 1 unspecified atom stereocenters. The van der Waals surface area contributed by atoms with Crippen molar-refractivity contribution < 1.29 is 4.79 Å². The summed E-state index contributed by atoms with van der Waals surface area (Å²) in [6.45, 7) is 6.00. The van der Waals surface area contributed by atoms with Gasteiger partial charge >= 0.3 is 0 Å². The lowest BCUT2D eigenvalue weighted by atomic mass is 10.1. The summed E-state index contributed by atoms with van der Waals surface area (Å²) in [5.41, 5.74) is 3.88. The van der Waals surface area contributed by atoms with Gasteiger partial charge in [0, 0.05) is 25.9 Å². The lowest BCUT2D eigenvalue weighted by Crippen LogP contribution is -2.31. The number of rotatable bonds is 4. The molecule has 1 heterocycles. The van der Waals surface area contributed by atoms with Crippen LogP contribution in [0.2, 0.25) is 5.02 Å². The third kappa shape index (κ3) is 3.17. The van der Waals surface area contributed by atoms with Gasteiger partial charge in [-0.05, 0) is 38.0 Å². The number of carbonyl (C=O) groups is 1. The number of hydrogen-bond acceptors (Lipinski definition) is 2. The second kappa shape index (κ2) is 6.53. The highest BCUT2D eigenvalue weighted by Crippen LogP contribution is 2.31. The number of aryl methyl sites for hydroxylation is 2. The van der Waals surface area contributed by atoms with Crippen molar-refractivity contribution in [2.45, 2.75) is 33.2 Å². The summed E-state index contributed by atoms with van der Waals surface area (Å²) in [5, 5.41) is 5.31. The average Bonchev–Trinajstić information content (AvgIpc) is 2.83. The van der Waals surface area contributed by atoms with Gasteiger partial charge in [0.2, 0.25) is 5.91 Å². The molecule has 0 aliphatic rings. The first-order valence-corrected chi connectivity index (χ1v) is 7.76. The van der Waals surface area contributed by atoms with Crippen molar-refractivity contribution in [2.24, 2.45) is 0 Å². The number of likely N-dealkylation sites (N-methyl/N-ethyl adjacent to an activating group) is 1. The molecule has 0 aliphatic heterocycles. The van der Waals surface area contributed by atoms with Crippen LogP contribution >= 0.6 is 11.6 Å². The first-order chi connectivity index (χ1) is 10.3. The Balaban J connectivity index is 2.47. The number of benzene rings is 1. The van der Waals surface area contributed by atoms with E-state index < -0.39 is 0 Å². The van der Waals surface area contributed by atoms with Gasteiger partial charge in [-0.1, -0.05) is 30.2 Å². The second-order valence-electron chi connectivity index (χ2n) is 5.78. The van der Waals surface area contributed by atoms with Gasteiger partial charge in [-0.15, -0.1) is 0 Å². The Labute approximate surface area is 136 Å². The summed E-state index contributed by atoms with van der Waals surface area (Å²) < 4.78 is 1.76. The van der Waals surface area contributed by atoms with Gasteiger partial charge in [0.15, 0.2) is 0 Å². The molecular formula is C17H22ClN3O. The molecule has 4 nitrogen and oxygen atoms in total. The number of nitrogens with zero attached hydrogens (tertiary/aromatic N) is 3. The molecule has 0 saturated heterocycles. The molecule has 0 fully saturated rings. The highest BCUT2D eigenvalue weighted by atomic mass is 35.5. The molecule has 0 saturated carbocycles. The molecule has 22 heavy (non-hydrogen) atoms. The maximum absolute atomic E-state index is 12.3. The van der Waals surface area contributed by atoms with Gasteiger partial charge in [0.1, 0.15) is 6.04 Å². The number of carbonyl (C=O) groups excluding carboxylic acids is 1. The van der Waals surface area contributed by atoms with E-state index in [0.29, 0.717) is 11.4 Å². The van der Waals surface area contributed by atoms with E-state index in [1.807, 2.05) is 45.2 Å². The van der Waals surface area contributed by atoms with Crippen molar-refractivity contribution in [3.8, 4) is 11.3 Å². The molecule has 0 N–H and O–H groups in total. The van der Waals surface area contributed by atoms with Crippen LogP contribution in [-0.4, -0.2) is 34.7 Å². The molecule has 5 heteroatoms. The van der Waals surface area contributed by atoms with E-state index in [-0.39, 0.29) is 11.9 Å². The van der Waals surface area contributed by atoms with Crippen LogP contribution in [0.3, 0.4) is 0 Å². The molecule has 118 valence electrons. The Morgan fingerprint density at radius 2 is 2.05 bits per heavy atom. The fraction of sp³-hybridized carbons (Fsp3) is 0.412. The fourth-order valence-corrected chi connectivity index (χ4v) is 2.71. The number of amides is 1. The van der Waals surface area contributed by atoms with Crippen LogP contribution in [0.5, 0.6) is 0 Å². The van der Waals surface area contributed by atoms with Crippen molar-refractivity contribution in [3.05, 3.63) is 40.5 Å². The standard InChI is InChI=1S/C17H22ClN3O/c1-6-15(17(22)20(4)5)21-10-12(3)16(19-21)13-9-11(2)7-8-14(13)18/h7-10,15H,6H2,1-5H3. The minimum atomic E-state index is -0.286. The summed E-state index contributed by atoms with van der Waals surface area (Å²) in [6.07, 6.45) is 2.61. The normalized spacial score (nSPS) is 12.3. The number of aromatic nitrogens is 2. The Morgan fingerprint density at radius 1 is 1.36 bits per heavy atom. The fourth-order valence-electron chi connectivity index (χ4n) is 2.50. The smallest absolute Gasteiger partial charge is 0.246 e. The minimum absolute atomic E-state index is 0.0480. The molecule has 2 aromatic rings. The molecule has 1 aromatic carbocycles. The lowest BCUT2D eigenvalue weighted by molar-refractivity contribution is -0.132. The van der Waals surface area contributed by atoms with E-state index in [0.717, 1.165) is 22.4 Å². The first-order valence-electron chi connectivity index (χ1n) is 7.38. The number of halogens is 1. The molecule has 1 aromatic heterocycles. The van der Waals surface area contributed by atoms with Gasteiger partial charge in [-0.3, -0.25) is 9.48 Å². The zero-order chi connectivity index (χ0) is 16.4. The van der Waals surface area contributed by atoms with Gasteiger partial charge in [0.25, 0.3) is 0 Å². The molecule has 0 spiro atoms. The van der Waals surface area contributed by atoms with E-state index >= 15 is 0 Å². The van der Waals surface area contributed by atoms with Crippen LogP contribution in [-0.2, 0) is 4.79 Å². The van der Waals surface area contributed by atoms with Crippen LogP contribution in [0.1, 0.15) is 30.5 Å². The highest BCUT2D eigenvalue weighted by molar-refractivity contribution is 6.33. The Hall–Kier alpha value is -1.81. The molecule has 1 amide bonds. The lowest BCUT2D eigenvalue weighted by Gasteiger charge is -2.19. The van der Waals surface area contributed by atoms with Crippen molar-refractivity contribution in [3.63, 3.8) is 0 Å². The van der Waals surface area contributed by atoms with E-state index in [1.54, 1.807) is 23.7 Å². The SMILES string of the molecule is CCC(C(=O)N(C)C)n1cc(C)c(-c2cc(C)ccc2Cl)n1. The summed E-state index contributed by atoms with van der Waals surface area (Å²) in [6, 6.07) is 5.60. The van der Waals surface area contributed by atoms with Crippen LogP contribution in [0.15, 0.2) is 24.4 Å². The Bertz CT molecular complexity index is 691.